The third kappa shape index (κ3) is 4.94. The fraction of sp³-hybridized carbons (Fsp3) is 0.174. The van der Waals surface area contributed by atoms with Crippen molar-refractivity contribution < 1.29 is 33.3 Å². The fourth-order valence-electron chi connectivity index (χ4n) is 2.85. The van der Waals surface area contributed by atoms with E-state index >= 15 is 0 Å². The second-order valence-electron chi connectivity index (χ2n) is 6.25. The van der Waals surface area contributed by atoms with Gasteiger partial charge < -0.3 is 18.9 Å². The number of ether oxygens (including phenoxy) is 4. The minimum absolute atomic E-state index is 0.134. The summed E-state index contributed by atoms with van der Waals surface area (Å²) in [6.07, 6.45) is 0. The number of methoxy groups -OCH3 is 1. The topological polar surface area (TPSA) is 88.1 Å². The highest BCUT2D eigenvalue weighted by Gasteiger charge is 2.16. The lowest BCUT2D eigenvalue weighted by Crippen LogP contribution is -2.11. The zero-order valence-corrected chi connectivity index (χ0v) is 16.5. The molecule has 0 N–H and O–H groups in total. The highest BCUT2D eigenvalue weighted by Crippen LogP contribution is 2.29. The smallest absolute Gasteiger partial charge is 0.344 e. The Morgan fingerprint density at radius 3 is 2.17 bits per heavy atom. The molecule has 7 heteroatoms. The number of hydrogen-bond donors (Lipinski definition) is 0. The molecular formula is C23H20O7. The summed E-state index contributed by atoms with van der Waals surface area (Å²) in [5.74, 6) is -0.511. The molecule has 3 rings (SSSR count). The van der Waals surface area contributed by atoms with Crippen molar-refractivity contribution >= 4 is 28.7 Å². The molecule has 30 heavy (non-hydrogen) atoms. The quantitative estimate of drug-likeness (QED) is 0.334. The molecule has 0 saturated heterocycles. The van der Waals surface area contributed by atoms with Crippen LogP contribution in [0.3, 0.4) is 0 Å². The Labute approximate surface area is 173 Å². The molecule has 0 amide bonds. The van der Waals surface area contributed by atoms with E-state index in [1.165, 1.54) is 38.3 Å². The number of carbonyl (C=O) groups excluding carboxylic acids is 3. The van der Waals surface area contributed by atoms with Gasteiger partial charge in [0.2, 0.25) is 0 Å². The van der Waals surface area contributed by atoms with E-state index in [0.717, 1.165) is 5.39 Å². The van der Waals surface area contributed by atoms with Crippen molar-refractivity contribution in [2.75, 3.05) is 20.3 Å². The van der Waals surface area contributed by atoms with E-state index in [9.17, 15) is 14.4 Å². The lowest BCUT2D eigenvalue weighted by atomic mass is 10.0. The molecule has 0 atom stereocenters. The average Bonchev–Trinajstić information content (AvgIpc) is 2.76. The van der Waals surface area contributed by atoms with Gasteiger partial charge in [0, 0.05) is 12.3 Å². The summed E-state index contributed by atoms with van der Waals surface area (Å²) in [7, 11) is 1.30. The largest absolute Gasteiger partial charge is 0.489 e. The van der Waals surface area contributed by atoms with Crippen molar-refractivity contribution in [3.8, 4) is 11.5 Å². The molecular weight excluding hydrogens is 388 g/mol. The minimum Gasteiger partial charge on any atom is -0.489 e. The molecule has 0 aliphatic carbocycles. The Morgan fingerprint density at radius 1 is 0.800 bits per heavy atom. The van der Waals surface area contributed by atoms with Crippen LogP contribution in [0.25, 0.3) is 10.8 Å². The normalized spacial score (nSPS) is 10.3. The van der Waals surface area contributed by atoms with Gasteiger partial charge in [-0.3, -0.25) is 4.79 Å². The number of esters is 3. The standard InChI is InChI=1S/C23H20O7/c1-15(24)28-13-14-29-21-12-11-20(18-5-3-4-6-19(18)21)23(26)30-17-9-7-16(8-10-17)22(25)27-2/h3-12H,13-14H2,1-2H3. The Morgan fingerprint density at radius 2 is 1.50 bits per heavy atom. The third-order valence-electron chi connectivity index (χ3n) is 4.24. The number of benzene rings is 3. The number of hydrogen-bond acceptors (Lipinski definition) is 7. The molecule has 0 fully saturated rings. The van der Waals surface area contributed by atoms with Gasteiger partial charge in [0.15, 0.2) is 0 Å². The van der Waals surface area contributed by atoms with Gasteiger partial charge in [0.1, 0.15) is 24.7 Å². The van der Waals surface area contributed by atoms with Crippen LogP contribution in [0.1, 0.15) is 27.6 Å². The predicted molar refractivity (Wildman–Crippen MR) is 109 cm³/mol. The first kappa shape index (κ1) is 20.9. The maximum Gasteiger partial charge on any atom is 0.344 e. The molecule has 7 nitrogen and oxygen atoms in total. The van der Waals surface area contributed by atoms with Crippen LogP contribution in [0.5, 0.6) is 11.5 Å². The molecule has 0 saturated carbocycles. The highest BCUT2D eigenvalue weighted by atomic mass is 16.6. The van der Waals surface area contributed by atoms with Crippen molar-refractivity contribution in [3.63, 3.8) is 0 Å². The monoisotopic (exact) mass is 408 g/mol. The molecule has 3 aromatic carbocycles. The van der Waals surface area contributed by atoms with Crippen LogP contribution in [0, 0.1) is 0 Å². The van der Waals surface area contributed by atoms with Gasteiger partial charge in [0.05, 0.1) is 18.2 Å². The summed E-state index contributed by atoms with van der Waals surface area (Å²) in [4.78, 5) is 35.1. The van der Waals surface area contributed by atoms with E-state index in [-0.39, 0.29) is 19.2 Å². The van der Waals surface area contributed by atoms with Gasteiger partial charge in [-0.05, 0) is 41.8 Å². The van der Waals surface area contributed by atoms with E-state index in [0.29, 0.717) is 28.0 Å². The second-order valence-corrected chi connectivity index (χ2v) is 6.25. The molecule has 154 valence electrons. The molecule has 0 bridgehead atoms. The number of rotatable bonds is 7. The van der Waals surface area contributed by atoms with Crippen LogP contribution < -0.4 is 9.47 Å². The number of carbonyl (C=O) groups is 3. The molecule has 0 aliphatic rings. The Hall–Kier alpha value is -3.87. The maximum atomic E-state index is 12.7. The lowest BCUT2D eigenvalue weighted by molar-refractivity contribution is -0.141. The van der Waals surface area contributed by atoms with Gasteiger partial charge in [-0.15, -0.1) is 0 Å². The van der Waals surface area contributed by atoms with Crippen LogP contribution in [-0.2, 0) is 14.3 Å². The van der Waals surface area contributed by atoms with E-state index in [1.54, 1.807) is 18.2 Å². The Balaban J connectivity index is 1.78. The SMILES string of the molecule is COC(=O)c1ccc(OC(=O)c2ccc(OCCOC(C)=O)c3ccccc23)cc1. The summed E-state index contributed by atoms with van der Waals surface area (Å²) >= 11 is 0. The van der Waals surface area contributed by atoms with Crippen molar-refractivity contribution in [2.45, 2.75) is 6.92 Å². The van der Waals surface area contributed by atoms with Gasteiger partial charge in [0.25, 0.3) is 0 Å². The predicted octanol–water partition coefficient (Wildman–Crippen LogP) is 3.79. The van der Waals surface area contributed by atoms with Crippen LogP contribution in [0.2, 0.25) is 0 Å². The van der Waals surface area contributed by atoms with Crippen LogP contribution in [0.4, 0.5) is 0 Å². The zero-order valence-electron chi connectivity index (χ0n) is 16.5. The molecule has 0 radical (unpaired) electrons. The summed E-state index contributed by atoms with van der Waals surface area (Å²) in [6.45, 7) is 1.66. The van der Waals surface area contributed by atoms with Crippen LogP contribution >= 0.6 is 0 Å². The summed E-state index contributed by atoms with van der Waals surface area (Å²) in [6, 6.07) is 16.7. The highest BCUT2D eigenvalue weighted by molar-refractivity contribution is 6.07. The van der Waals surface area contributed by atoms with Crippen molar-refractivity contribution in [1.82, 2.24) is 0 Å². The maximum absolute atomic E-state index is 12.7. The van der Waals surface area contributed by atoms with E-state index in [2.05, 4.69) is 4.74 Å². The third-order valence-corrected chi connectivity index (χ3v) is 4.24. The molecule has 0 spiro atoms. The molecule has 3 aromatic rings. The first-order valence-corrected chi connectivity index (χ1v) is 9.18. The molecule has 0 heterocycles. The molecule has 0 aromatic heterocycles. The van der Waals surface area contributed by atoms with Gasteiger partial charge in [-0.1, -0.05) is 24.3 Å². The Kier molecular flexibility index (Phi) is 6.64. The van der Waals surface area contributed by atoms with Crippen LogP contribution in [0.15, 0.2) is 60.7 Å². The van der Waals surface area contributed by atoms with Crippen molar-refractivity contribution in [1.29, 1.82) is 0 Å². The average molecular weight is 408 g/mol. The van der Waals surface area contributed by atoms with E-state index < -0.39 is 11.9 Å². The molecule has 0 aliphatic heterocycles. The van der Waals surface area contributed by atoms with Crippen LogP contribution in [-0.4, -0.2) is 38.2 Å². The summed E-state index contributed by atoms with van der Waals surface area (Å²) < 4.78 is 20.7. The van der Waals surface area contributed by atoms with Gasteiger partial charge in [-0.25, -0.2) is 9.59 Å². The summed E-state index contributed by atoms with van der Waals surface area (Å²) in [5.41, 5.74) is 0.730. The minimum atomic E-state index is -0.538. The zero-order chi connectivity index (χ0) is 21.5. The van der Waals surface area contributed by atoms with Gasteiger partial charge >= 0.3 is 17.9 Å². The first-order chi connectivity index (χ1) is 14.5. The molecule has 0 unspecified atom stereocenters. The van der Waals surface area contributed by atoms with E-state index in [4.69, 9.17) is 14.2 Å². The van der Waals surface area contributed by atoms with Crippen molar-refractivity contribution in [2.24, 2.45) is 0 Å². The Bertz CT molecular complexity index is 1070. The number of fused-ring (bicyclic) bond motifs is 1. The van der Waals surface area contributed by atoms with Gasteiger partial charge in [-0.2, -0.15) is 0 Å². The first-order valence-electron chi connectivity index (χ1n) is 9.18. The summed E-state index contributed by atoms with van der Waals surface area (Å²) in [5, 5.41) is 1.40. The lowest BCUT2D eigenvalue weighted by Gasteiger charge is -2.12. The fourth-order valence-corrected chi connectivity index (χ4v) is 2.85. The van der Waals surface area contributed by atoms with Crippen molar-refractivity contribution in [3.05, 3.63) is 71.8 Å². The second kappa shape index (κ2) is 9.56. The van der Waals surface area contributed by atoms with E-state index in [1.807, 2.05) is 18.2 Å².